The number of halogens is 1. The number of aromatic nitrogens is 1. The summed E-state index contributed by atoms with van der Waals surface area (Å²) in [6, 6.07) is 17.6. The molecule has 1 saturated heterocycles. The number of hydrogen-bond acceptors (Lipinski definition) is 5. The first kappa shape index (κ1) is 19.7. The molecule has 0 spiro atoms. The highest BCUT2D eigenvalue weighted by Gasteiger charge is 2.47. The Bertz CT molecular complexity index is 1140. The van der Waals surface area contributed by atoms with Crippen molar-refractivity contribution in [2.75, 3.05) is 12.0 Å². The van der Waals surface area contributed by atoms with Crippen molar-refractivity contribution in [1.82, 2.24) is 4.98 Å². The maximum absolute atomic E-state index is 13.0. The number of Topliss-reactive ketones (excluding diaryl/α,β-unsaturated/α-hetero) is 1. The van der Waals surface area contributed by atoms with E-state index in [0.717, 1.165) is 0 Å². The third-order valence-electron chi connectivity index (χ3n) is 4.87. The molecule has 1 fully saturated rings. The van der Waals surface area contributed by atoms with Gasteiger partial charge < -0.3 is 9.84 Å². The average molecular weight is 421 g/mol. The topological polar surface area (TPSA) is 79.7 Å². The maximum atomic E-state index is 13.0. The number of aliphatic hydroxyl groups is 1. The number of carbonyl (C=O) groups is 2. The van der Waals surface area contributed by atoms with Crippen LogP contribution in [0.25, 0.3) is 5.76 Å². The molecule has 1 aromatic heterocycles. The normalized spacial score (nSPS) is 17.9. The van der Waals surface area contributed by atoms with Gasteiger partial charge in [0.25, 0.3) is 5.78 Å². The van der Waals surface area contributed by atoms with Crippen molar-refractivity contribution in [3.05, 3.63) is 94.6 Å². The van der Waals surface area contributed by atoms with Gasteiger partial charge in [0.05, 0.1) is 18.7 Å². The van der Waals surface area contributed by atoms with Crippen LogP contribution in [0.15, 0.2) is 78.5 Å². The first-order chi connectivity index (χ1) is 14.5. The van der Waals surface area contributed by atoms with Gasteiger partial charge in [0.15, 0.2) is 0 Å². The fourth-order valence-corrected chi connectivity index (χ4v) is 3.58. The lowest BCUT2D eigenvalue weighted by molar-refractivity contribution is -0.132. The van der Waals surface area contributed by atoms with Gasteiger partial charge in [-0.2, -0.15) is 0 Å². The molecule has 1 atom stereocenters. The van der Waals surface area contributed by atoms with Crippen LogP contribution in [0.3, 0.4) is 0 Å². The molecule has 4 rings (SSSR count). The highest BCUT2D eigenvalue weighted by Crippen LogP contribution is 2.41. The van der Waals surface area contributed by atoms with Gasteiger partial charge in [0.2, 0.25) is 0 Å². The van der Waals surface area contributed by atoms with Crippen LogP contribution in [0.4, 0.5) is 5.82 Å². The lowest BCUT2D eigenvalue weighted by Crippen LogP contribution is -2.30. The summed E-state index contributed by atoms with van der Waals surface area (Å²) in [5, 5.41) is 11.6. The van der Waals surface area contributed by atoms with Gasteiger partial charge in [0.1, 0.15) is 17.3 Å². The largest absolute Gasteiger partial charge is 0.507 e. The number of rotatable bonds is 4. The van der Waals surface area contributed by atoms with Crippen LogP contribution >= 0.6 is 11.6 Å². The van der Waals surface area contributed by atoms with Crippen molar-refractivity contribution >= 4 is 34.9 Å². The van der Waals surface area contributed by atoms with Crippen molar-refractivity contribution in [3.8, 4) is 5.75 Å². The van der Waals surface area contributed by atoms with E-state index in [1.54, 1.807) is 66.7 Å². The minimum atomic E-state index is -0.858. The number of pyridine rings is 1. The van der Waals surface area contributed by atoms with Crippen molar-refractivity contribution in [1.29, 1.82) is 0 Å². The fraction of sp³-hybridized carbons (Fsp3) is 0.0870. The number of ketones is 1. The van der Waals surface area contributed by atoms with Crippen molar-refractivity contribution in [2.24, 2.45) is 0 Å². The van der Waals surface area contributed by atoms with E-state index in [-0.39, 0.29) is 11.3 Å². The molecular weight excluding hydrogens is 404 g/mol. The molecule has 0 saturated carbocycles. The Kier molecular flexibility index (Phi) is 5.25. The van der Waals surface area contributed by atoms with Gasteiger partial charge in [-0.05, 0) is 42.0 Å². The Hall–Kier alpha value is -3.64. The zero-order chi connectivity index (χ0) is 21.3. The van der Waals surface area contributed by atoms with Crippen molar-refractivity contribution < 1.29 is 19.4 Å². The lowest BCUT2D eigenvalue weighted by atomic mass is 9.95. The number of anilines is 1. The van der Waals surface area contributed by atoms with Crippen LogP contribution < -0.4 is 9.64 Å². The standard InChI is InChI=1S/C23H17ClN2O4/c1-30-17-6-4-5-15(13-17)21(27)19-20(14-8-10-16(24)11-9-14)26(23(29)22(19)28)18-7-2-3-12-25-18/h2-13,20,27H,1H3/b21-19-. The summed E-state index contributed by atoms with van der Waals surface area (Å²) in [5.74, 6) is -1.02. The summed E-state index contributed by atoms with van der Waals surface area (Å²) >= 11 is 6.02. The van der Waals surface area contributed by atoms with Crippen LogP contribution in [0.1, 0.15) is 17.2 Å². The number of carbonyl (C=O) groups excluding carboxylic acids is 2. The smallest absolute Gasteiger partial charge is 0.301 e. The zero-order valence-electron chi connectivity index (χ0n) is 15.9. The van der Waals surface area contributed by atoms with E-state index in [0.29, 0.717) is 27.7 Å². The van der Waals surface area contributed by atoms with E-state index in [9.17, 15) is 14.7 Å². The number of benzene rings is 2. The van der Waals surface area contributed by atoms with Gasteiger partial charge in [-0.1, -0.05) is 41.9 Å². The van der Waals surface area contributed by atoms with Crippen LogP contribution in [0.5, 0.6) is 5.75 Å². The van der Waals surface area contributed by atoms with Gasteiger partial charge in [-0.25, -0.2) is 4.98 Å². The number of nitrogens with zero attached hydrogens (tertiary/aromatic N) is 2. The molecule has 0 bridgehead atoms. The molecule has 30 heavy (non-hydrogen) atoms. The average Bonchev–Trinajstić information content (AvgIpc) is 3.05. The highest BCUT2D eigenvalue weighted by atomic mass is 35.5. The van der Waals surface area contributed by atoms with Gasteiger partial charge in [-0.3, -0.25) is 14.5 Å². The number of methoxy groups -OCH3 is 1. The Labute approximate surface area is 178 Å². The molecule has 1 aliphatic rings. The summed E-state index contributed by atoms with van der Waals surface area (Å²) in [6.07, 6.45) is 1.54. The van der Waals surface area contributed by atoms with E-state index in [4.69, 9.17) is 16.3 Å². The summed E-state index contributed by atoms with van der Waals surface area (Å²) in [6.45, 7) is 0. The first-order valence-electron chi connectivity index (χ1n) is 9.13. The fourth-order valence-electron chi connectivity index (χ4n) is 3.45. The predicted molar refractivity (Wildman–Crippen MR) is 113 cm³/mol. The van der Waals surface area contributed by atoms with Crippen LogP contribution in [-0.4, -0.2) is 28.9 Å². The third kappa shape index (κ3) is 3.42. The second-order valence-corrected chi connectivity index (χ2v) is 7.08. The van der Waals surface area contributed by atoms with Crippen LogP contribution in [0.2, 0.25) is 5.02 Å². The van der Waals surface area contributed by atoms with Gasteiger partial charge >= 0.3 is 5.91 Å². The van der Waals surface area contributed by atoms with E-state index < -0.39 is 17.7 Å². The Balaban J connectivity index is 1.94. The Morgan fingerprint density at radius 2 is 1.83 bits per heavy atom. The zero-order valence-corrected chi connectivity index (χ0v) is 16.7. The Morgan fingerprint density at radius 3 is 2.50 bits per heavy atom. The molecule has 6 nitrogen and oxygen atoms in total. The quantitative estimate of drug-likeness (QED) is 0.385. The molecule has 150 valence electrons. The van der Waals surface area contributed by atoms with E-state index in [2.05, 4.69) is 4.98 Å². The monoisotopic (exact) mass is 420 g/mol. The van der Waals surface area contributed by atoms with Crippen molar-refractivity contribution in [3.63, 3.8) is 0 Å². The van der Waals surface area contributed by atoms with Gasteiger partial charge in [0, 0.05) is 16.8 Å². The second kappa shape index (κ2) is 8.00. The molecule has 1 aliphatic heterocycles. The van der Waals surface area contributed by atoms with Crippen LogP contribution in [0, 0.1) is 0 Å². The molecule has 2 aromatic carbocycles. The van der Waals surface area contributed by atoms with E-state index >= 15 is 0 Å². The van der Waals surface area contributed by atoms with Gasteiger partial charge in [-0.15, -0.1) is 0 Å². The first-order valence-corrected chi connectivity index (χ1v) is 9.51. The minimum Gasteiger partial charge on any atom is -0.507 e. The van der Waals surface area contributed by atoms with E-state index in [1.165, 1.54) is 18.2 Å². The van der Waals surface area contributed by atoms with E-state index in [1.807, 2.05) is 0 Å². The number of aliphatic hydroxyl groups excluding tert-OH is 1. The molecule has 2 heterocycles. The molecule has 1 amide bonds. The molecule has 7 heteroatoms. The highest BCUT2D eigenvalue weighted by molar-refractivity contribution is 6.51. The second-order valence-electron chi connectivity index (χ2n) is 6.64. The predicted octanol–water partition coefficient (Wildman–Crippen LogP) is 4.37. The number of hydrogen-bond donors (Lipinski definition) is 1. The molecule has 1 N–H and O–H groups in total. The molecular formula is C23H17ClN2O4. The summed E-state index contributed by atoms with van der Waals surface area (Å²) < 4.78 is 5.21. The van der Waals surface area contributed by atoms with Crippen LogP contribution in [-0.2, 0) is 9.59 Å². The number of amides is 1. The summed E-state index contributed by atoms with van der Waals surface area (Å²) in [7, 11) is 1.51. The minimum absolute atomic E-state index is 0.0266. The lowest BCUT2D eigenvalue weighted by Gasteiger charge is -2.24. The molecule has 0 aliphatic carbocycles. The summed E-state index contributed by atoms with van der Waals surface area (Å²) in [4.78, 5) is 31.5. The molecule has 3 aromatic rings. The van der Waals surface area contributed by atoms with Crippen molar-refractivity contribution in [2.45, 2.75) is 6.04 Å². The molecule has 1 unspecified atom stereocenters. The third-order valence-corrected chi connectivity index (χ3v) is 5.12. The maximum Gasteiger partial charge on any atom is 0.301 e. The summed E-state index contributed by atoms with van der Waals surface area (Å²) in [5.41, 5.74) is 0.960. The SMILES string of the molecule is COc1cccc(/C(O)=C2/C(=O)C(=O)N(c3ccccn3)C2c2ccc(Cl)cc2)c1. The molecule has 0 radical (unpaired) electrons. The Morgan fingerprint density at radius 1 is 1.07 bits per heavy atom. The number of ether oxygens (including phenoxy) is 1.